The van der Waals surface area contributed by atoms with Crippen LogP contribution in [-0.4, -0.2) is 16.5 Å². The number of ketones is 1. The maximum Gasteiger partial charge on any atom is 0.133 e. The van der Waals surface area contributed by atoms with Crippen LogP contribution in [0.15, 0.2) is 0 Å². The predicted molar refractivity (Wildman–Crippen MR) is 64.0 cm³/mol. The van der Waals surface area contributed by atoms with Crippen LogP contribution >= 0.6 is 0 Å². The Hall–Kier alpha value is -0.370. The third-order valence-electron chi connectivity index (χ3n) is 5.05. The van der Waals surface area contributed by atoms with Gasteiger partial charge in [0, 0.05) is 12.8 Å². The standard InChI is InChI=1S/C14H24O2/c1-9(2)12-5-4-10(3)14(16)7-6-11(15)8-13(12)14/h9-10,12-13,16H,4-8H2,1-3H3/t10-,12+,13?,14?/m1/s1. The number of fused-ring (bicyclic) bond motifs is 1. The third-order valence-corrected chi connectivity index (χ3v) is 5.05. The lowest BCUT2D eigenvalue weighted by molar-refractivity contribution is -0.157. The largest absolute Gasteiger partial charge is 0.389 e. The molecule has 2 nitrogen and oxygen atoms in total. The van der Waals surface area contributed by atoms with Gasteiger partial charge >= 0.3 is 0 Å². The molecule has 2 aliphatic rings. The first kappa shape index (κ1) is 12.1. The van der Waals surface area contributed by atoms with E-state index < -0.39 is 5.60 Å². The Bertz CT molecular complexity index is 284. The van der Waals surface area contributed by atoms with Crippen molar-refractivity contribution in [2.75, 3.05) is 0 Å². The van der Waals surface area contributed by atoms with Gasteiger partial charge in [-0.3, -0.25) is 4.79 Å². The quantitative estimate of drug-likeness (QED) is 0.743. The van der Waals surface area contributed by atoms with Crippen LogP contribution < -0.4 is 0 Å². The average Bonchev–Trinajstić information content (AvgIpc) is 2.21. The zero-order valence-corrected chi connectivity index (χ0v) is 10.7. The van der Waals surface area contributed by atoms with Crippen molar-refractivity contribution in [2.24, 2.45) is 23.7 Å². The molecule has 0 aromatic rings. The Balaban J connectivity index is 2.26. The van der Waals surface area contributed by atoms with E-state index in [4.69, 9.17) is 0 Å². The number of carbonyl (C=O) groups is 1. The molecule has 0 aliphatic heterocycles. The molecule has 0 saturated heterocycles. The molecule has 4 atom stereocenters. The van der Waals surface area contributed by atoms with Crippen molar-refractivity contribution >= 4 is 5.78 Å². The van der Waals surface area contributed by atoms with Crippen LogP contribution in [0.1, 0.15) is 52.9 Å². The van der Waals surface area contributed by atoms with Crippen LogP contribution in [0, 0.1) is 23.7 Å². The molecule has 0 heterocycles. The lowest BCUT2D eigenvalue weighted by Crippen LogP contribution is -2.54. The maximum absolute atomic E-state index is 11.6. The molecule has 1 N–H and O–H groups in total. The van der Waals surface area contributed by atoms with Gasteiger partial charge < -0.3 is 5.11 Å². The van der Waals surface area contributed by atoms with E-state index in [1.165, 1.54) is 6.42 Å². The van der Waals surface area contributed by atoms with Crippen LogP contribution in [0.2, 0.25) is 0 Å². The second-order valence-corrected chi connectivity index (χ2v) is 6.23. The normalized spacial score (nSPS) is 44.6. The second kappa shape index (κ2) is 4.14. The van der Waals surface area contributed by atoms with Crippen LogP contribution in [0.25, 0.3) is 0 Å². The Morgan fingerprint density at radius 2 is 2.06 bits per heavy atom. The van der Waals surface area contributed by atoms with Gasteiger partial charge in [0.1, 0.15) is 5.78 Å². The number of carbonyl (C=O) groups excluding carboxylic acids is 1. The van der Waals surface area contributed by atoms with Crippen LogP contribution in [0.3, 0.4) is 0 Å². The summed E-state index contributed by atoms with van der Waals surface area (Å²) in [5.74, 6) is 2.05. The monoisotopic (exact) mass is 224 g/mol. The van der Waals surface area contributed by atoms with Crippen LogP contribution in [0.5, 0.6) is 0 Å². The third kappa shape index (κ3) is 1.81. The van der Waals surface area contributed by atoms with E-state index in [9.17, 15) is 9.90 Å². The minimum atomic E-state index is -0.554. The van der Waals surface area contributed by atoms with Crippen LogP contribution in [0.4, 0.5) is 0 Å². The van der Waals surface area contributed by atoms with Gasteiger partial charge in [0.05, 0.1) is 5.60 Å². The molecule has 92 valence electrons. The topological polar surface area (TPSA) is 37.3 Å². The van der Waals surface area contributed by atoms with E-state index in [0.717, 1.165) is 6.42 Å². The van der Waals surface area contributed by atoms with E-state index in [1.54, 1.807) is 0 Å². The van der Waals surface area contributed by atoms with Gasteiger partial charge in [0.15, 0.2) is 0 Å². The van der Waals surface area contributed by atoms with E-state index in [0.29, 0.717) is 42.8 Å². The van der Waals surface area contributed by atoms with Crippen molar-refractivity contribution < 1.29 is 9.90 Å². The number of aliphatic hydroxyl groups is 1. The first-order valence-electron chi connectivity index (χ1n) is 6.69. The van der Waals surface area contributed by atoms with Gasteiger partial charge in [0.2, 0.25) is 0 Å². The zero-order valence-electron chi connectivity index (χ0n) is 10.7. The molecule has 0 radical (unpaired) electrons. The molecular weight excluding hydrogens is 200 g/mol. The summed E-state index contributed by atoms with van der Waals surface area (Å²) < 4.78 is 0. The lowest BCUT2D eigenvalue weighted by Gasteiger charge is -2.52. The van der Waals surface area contributed by atoms with Crippen LogP contribution in [-0.2, 0) is 4.79 Å². The molecular formula is C14H24O2. The summed E-state index contributed by atoms with van der Waals surface area (Å²) in [6.07, 6.45) is 4.19. The Morgan fingerprint density at radius 3 is 2.69 bits per heavy atom. The Morgan fingerprint density at radius 1 is 1.38 bits per heavy atom. The summed E-state index contributed by atoms with van der Waals surface area (Å²) in [5.41, 5.74) is -0.554. The summed E-state index contributed by atoms with van der Waals surface area (Å²) in [7, 11) is 0. The van der Waals surface area contributed by atoms with E-state index in [-0.39, 0.29) is 5.92 Å². The maximum atomic E-state index is 11.6. The molecule has 2 unspecified atom stereocenters. The molecule has 0 amide bonds. The highest BCUT2D eigenvalue weighted by atomic mass is 16.3. The summed E-state index contributed by atoms with van der Waals surface area (Å²) in [6.45, 7) is 6.60. The SMILES string of the molecule is CC(C)[C@@H]1CC[C@@H](C)C2(O)CCC(=O)CC12. The smallest absolute Gasteiger partial charge is 0.133 e. The highest BCUT2D eigenvalue weighted by Gasteiger charge is 2.51. The van der Waals surface area contributed by atoms with Gasteiger partial charge in [-0.05, 0) is 42.9 Å². The fourth-order valence-corrected chi connectivity index (χ4v) is 3.87. The summed E-state index contributed by atoms with van der Waals surface area (Å²) >= 11 is 0. The molecule has 16 heavy (non-hydrogen) atoms. The van der Waals surface area contributed by atoms with E-state index >= 15 is 0 Å². The number of hydrogen-bond acceptors (Lipinski definition) is 2. The molecule has 0 aromatic heterocycles. The highest BCUT2D eigenvalue weighted by molar-refractivity contribution is 5.80. The van der Waals surface area contributed by atoms with E-state index in [2.05, 4.69) is 20.8 Å². The molecule has 2 aliphatic carbocycles. The minimum absolute atomic E-state index is 0.220. The summed E-state index contributed by atoms with van der Waals surface area (Å²) in [5, 5.41) is 10.8. The van der Waals surface area contributed by atoms with Crippen molar-refractivity contribution in [1.29, 1.82) is 0 Å². The predicted octanol–water partition coefficient (Wildman–Crippen LogP) is 2.79. The van der Waals surface area contributed by atoms with Gasteiger partial charge in [-0.1, -0.05) is 20.8 Å². The molecule has 2 fully saturated rings. The van der Waals surface area contributed by atoms with Crippen molar-refractivity contribution in [1.82, 2.24) is 0 Å². The summed E-state index contributed by atoms with van der Waals surface area (Å²) in [4.78, 5) is 11.6. The summed E-state index contributed by atoms with van der Waals surface area (Å²) in [6, 6.07) is 0. The molecule has 0 bridgehead atoms. The average molecular weight is 224 g/mol. The Labute approximate surface area is 98.4 Å². The number of rotatable bonds is 1. The number of Topliss-reactive ketones (excluding diaryl/α,β-unsaturated/α-hetero) is 1. The Kier molecular flexibility index (Phi) is 3.13. The van der Waals surface area contributed by atoms with Gasteiger partial charge in [-0.2, -0.15) is 0 Å². The first-order chi connectivity index (χ1) is 7.45. The molecule has 0 spiro atoms. The highest BCUT2D eigenvalue weighted by Crippen LogP contribution is 2.50. The van der Waals surface area contributed by atoms with Crippen molar-refractivity contribution in [3.8, 4) is 0 Å². The minimum Gasteiger partial charge on any atom is -0.389 e. The lowest BCUT2D eigenvalue weighted by atomic mass is 9.56. The van der Waals surface area contributed by atoms with Crippen molar-refractivity contribution in [2.45, 2.75) is 58.5 Å². The van der Waals surface area contributed by atoms with Gasteiger partial charge in [-0.25, -0.2) is 0 Å². The van der Waals surface area contributed by atoms with Gasteiger partial charge in [0.25, 0.3) is 0 Å². The first-order valence-corrected chi connectivity index (χ1v) is 6.69. The van der Waals surface area contributed by atoms with Gasteiger partial charge in [-0.15, -0.1) is 0 Å². The molecule has 2 saturated carbocycles. The fourth-order valence-electron chi connectivity index (χ4n) is 3.87. The molecule has 0 aromatic carbocycles. The van der Waals surface area contributed by atoms with Crippen molar-refractivity contribution in [3.05, 3.63) is 0 Å². The second-order valence-electron chi connectivity index (χ2n) is 6.23. The molecule has 2 heteroatoms. The molecule has 2 rings (SSSR count). The number of hydrogen-bond donors (Lipinski definition) is 1. The van der Waals surface area contributed by atoms with Crippen molar-refractivity contribution in [3.63, 3.8) is 0 Å². The fraction of sp³-hybridized carbons (Fsp3) is 0.929. The zero-order chi connectivity index (χ0) is 11.9. The van der Waals surface area contributed by atoms with E-state index in [1.807, 2.05) is 0 Å².